The zero-order chi connectivity index (χ0) is 21.8. The van der Waals surface area contributed by atoms with Gasteiger partial charge in [-0.1, -0.05) is 54.1 Å². The number of carbonyl (C=O) groups is 1. The lowest BCUT2D eigenvalue weighted by atomic mass is 10.1. The van der Waals surface area contributed by atoms with Gasteiger partial charge >= 0.3 is 0 Å². The molecule has 0 aliphatic carbocycles. The Balaban J connectivity index is 1.45. The fourth-order valence-corrected chi connectivity index (χ4v) is 4.13. The van der Waals surface area contributed by atoms with Gasteiger partial charge in [0.25, 0.3) is 5.91 Å². The summed E-state index contributed by atoms with van der Waals surface area (Å²) in [6, 6.07) is 16.1. The van der Waals surface area contributed by atoms with Crippen LogP contribution in [0.5, 0.6) is 0 Å². The van der Waals surface area contributed by atoms with Crippen LogP contribution in [0.4, 0.5) is 0 Å². The van der Waals surface area contributed by atoms with Crippen LogP contribution in [-0.4, -0.2) is 53.0 Å². The van der Waals surface area contributed by atoms with E-state index < -0.39 is 0 Å². The van der Waals surface area contributed by atoms with E-state index >= 15 is 0 Å². The Kier molecular flexibility index (Phi) is 6.33. The number of aryl methyl sites for hydroxylation is 2. The molecule has 1 aliphatic heterocycles. The topological polar surface area (TPSA) is 45.6 Å². The summed E-state index contributed by atoms with van der Waals surface area (Å²) >= 11 is 0. The van der Waals surface area contributed by atoms with Crippen LogP contribution in [0.3, 0.4) is 0 Å². The number of amides is 1. The Labute approximate surface area is 183 Å². The first-order valence-electron chi connectivity index (χ1n) is 10.9. The molecule has 3 aromatic rings. The lowest BCUT2D eigenvalue weighted by Crippen LogP contribution is -2.49. The highest BCUT2D eigenvalue weighted by Crippen LogP contribution is 2.16. The standard InChI is InChI=1S/C26H29N3O2/c1-3-28-19-23(25(30)22-18-20(2)11-12-24(22)28)26(31)29-16-14-27(15-17-29)13-7-10-21-8-5-4-6-9-21/h4-12,18-19H,3,13-17H2,1-2H3/b10-7+. The van der Waals surface area contributed by atoms with Gasteiger partial charge in [-0.15, -0.1) is 0 Å². The van der Waals surface area contributed by atoms with Crippen LogP contribution in [0.25, 0.3) is 17.0 Å². The van der Waals surface area contributed by atoms with Gasteiger partial charge in [-0.2, -0.15) is 0 Å². The molecule has 1 aromatic heterocycles. The van der Waals surface area contributed by atoms with Crippen molar-refractivity contribution in [2.24, 2.45) is 0 Å². The second-order valence-electron chi connectivity index (χ2n) is 8.08. The fourth-order valence-electron chi connectivity index (χ4n) is 4.13. The Morgan fingerprint density at radius 2 is 1.77 bits per heavy atom. The van der Waals surface area contributed by atoms with Crippen LogP contribution in [0.1, 0.15) is 28.4 Å². The largest absolute Gasteiger partial charge is 0.347 e. The summed E-state index contributed by atoms with van der Waals surface area (Å²) in [5.74, 6) is -0.157. The highest BCUT2D eigenvalue weighted by molar-refractivity contribution is 5.97. The van der Waals surface area contributed by atoms with E-state index in [4.69, 9.17) is 0 Å². The van der Waals surface area contributed by atoms with Crippen molar-refractivity contribution in [2.45, 2.75) is 20.4 Å². The predicted octanol–water partition coefficient (Wildman–Crippen LogP) is 3.80. The molecule has 2 aromatic carbocycles. The SMILES string of the molecule is CCn1cc(C(=O)N2CCN(C/C=C/c3ccccc3)CC2)c(=O)c2cc(C)ccc21. The molecule has 0 saturated carbocycles. The molecule has 160 valence electrons. The second-order valence-corrected chi connectivity index (χ2v) is 8.08. The average Bonchev–Trinajstić information content (AvgIpc) is 2.80. The summed E-state index contributed by atoms with van der Waals surface area (Å²) in [4.78, 5) is 30.4. The van der Waals surface area contributed by atoms with Crippen LogP contribution < -0.4 is 5.43 Å². The van der Waals surface area contributed by atoms with Gasteiger partial charge in [-0.05, 0) is 31.5 Å². The minimum absolute atomic E-state index is 0.157. The van der Waals surface area contributed by atoms with E-state index in [1.165, 1.54) is 5.56 Å². The molecule has 1 fully saturated rings. The zero-order valence-corrected chi connectivity index (χ0v) is 18.3. The van der Waals surface area contributed by atoms with Crippen LogP contribution >= 0.6 is 0 Å². The first kappa shape index (κ1) is 21.1. The molecule has 31 heavy (non-hydrogen) atoms. The van der Waals surface area contributed by atoms with E-state index in [2.05, 4.69) is 29.2 Å². The summed E-state index contributed by atoms with van der Waals surface area (Å²) in [5, 5.41) is 0.623. The molecule has 0 spiro atoms. The summed E-state index contributed by atoms with van der Waals surface area (Å²) in [6.45, 7) is 8.44. The Hall–Kier alpha value is -3.18. The highest BCUT2D eigenvalue weighted by atomic mass is 16.2. The Bertz CT molecular complexity index is 1160. The highest BCUT2D eigenvalue weighted by Gasteiger charge is 2.24. The van der Waals surface area contributed by atoms with Crippen molar-refractivity contribution < 1.29 is 4.79 Å². The van der Waals surface area contributed by atoms with Crippen LogP contribution in [0.2, 0.25) is 0 Å². The van der Waals surface area contributed by atoms with Gasteiger partial charge in [0, 0.05) is 50.9 Å². The molecule has 1 saturated heterocycles. The van der Waals surface area contributed by atoms with Gasteiger partial charge in [0.15, 0.2) is 0 Å². The molecule has 0 unspecified atom stereocenters. The summed E-state index contributed by atoms with van der Waals surface area (Å²) in [7, 11) is 0. The lowest BCUT2D eigenvalue weighted by molar-refractivity contribution is 0.0648. The molecule has 2 heterocycles. The maximum Gasteiger partial charge on any atom is 0.259 e. The van der Waals surface area contributed by atoms with E-state index in [1.54, 1.807) is 6.20 Å². The van der Waals surface area contributed by atoms with Crippen molar-refractivity contribution in [1.29, 1.82) is 0 Å². The third-order valence-corrected chi connectivity index (χ3v) is 5.94. The van der Waals surface area contributed by atoms with Gasteiger partial charge in [-0.3, -0.25) is 14.5 Å². The van der Waals surface area contributed by atoms with Crippen LogP contribution in [-0.2, 0) is 6.54 Å². The number of pyridine rings is 1. The third kappa shape index (κ3) is 4.62. The van der Waals surface area contributed by atoms with E-state index in [1.807, 2.05) is 59.7 Å². The van der Waals surface area contributed by atoms with Crippen molar-refractivity contribution >= 4 is 22.9 Å². The molecule has 4 rings (SSSR count). The van der Waals surface area contributed by atoms with Gasteiger partial charge in [0.2, 0.25) is 5.43 Å². The summed E-state index contributed by atoms with van der Waals surface area (Å²) in [6.07, 6.45) is 6.03. The van der Waals surface area contributed by atoms with E-state index in [-0.39, 0.29) is 16.9 Å². The number of fused-ring (bicyclic) bond motifs is 1. The first-order chi connectivity index (χ1) is 15.1. The maximum absolute atomic E-state index is 13.2. The molecule has 1 aliphatic rings. The van der Waals surface area contributed by atoms with Crippen molar-refractivity contribution in [3.05, 3.63) is 87.7 Å². The molecule has 1 amide bonds. The minimum atomic E-state index is -0.165. The molecule has 0 bridgehead atoms. The Morgan fingerprint density at radius 3 is 2.48 bits per heavy atom. The van der Waals surface area contributed by atoms with E-state index in [0.717, 1.165) is 30.7 Å². The predicted molar refractivity (Wildman–Crippen MR) is 126 cm³/mol. The van der Waals surface area contributed by atoms with E-state index in [0.29, 0.717) is 25.0 Å². The van der Waals surface area contributed by atoms with Crippen LogP contribution in [0, 0.1) is 6.92 Å². The smallest absolute Gasteiger partial charge is 0.259 e. The summed E-state index contributed by atoms with van der Waals surface area (Å²) in [5.41, 5.74) is 3.20. The second kappa shape index (κ2) is 9.31. The monoisotopic (exact) mass is 415 g/mol. The molecule has 5 nitrogen and oxygen atoms in total. The molecular weight excluding hydrogens is 386 g/mol. The number of benzene rings is 2. The van der Waals surface area contributed by atoms with Crippen molar-refractivity contribution in [2.75, 3.05) is 32.7 Å². The van der Waals surface area contributed by atoms with Gasteiger partial charge < -0.3 is 9.47 Å². The third-order valence-electron chi connectivity index (χ3n) is 5.94. The molecule has 5 heteroatoms. The molecular formula is C26H29N3O2. The molecule has 0 radical (unpaired) electrons. The lowest BCUT2D eigenvalue weighted by Gasteiger charge is -2.34. The average molecular weight is 416 g/mol. The van der Waals surface area contributed by atoms with Crippen molar-refractivity contribution in [3.8, 4) is 0 Å². The maximum atomic E-state index is 13.2. The van der Waals surface area contributed by atoms with Crippen molar-refractivity contribution in [3.63, 3.8) is 0 Å². The molecule has 0 N–H and O–H groups in total. The number of hydrogen-bond acceptors (Lipinski definition) is 3. The number of nitrogens with zero attached hydrogens (tertiary/aromatic N) is 3. The normalized spacial score (nSPS) is 15.1. The number of carbonyl (C=O) groups excluding carboxylic acids is 1. The van der Waals surface area contributed by atoms with Crippen LogP contribution in [0.15, 0.2) is 65.6 Å². The number of piperazine rings is 1. The first-order valence-corrected chi connectivity index (χ1v) is 10.9. The van der Waals surface area contributed by atoms with Gasteiger partial charge in [0.1, 0.15) is 5.56 Å². The quantitative estimate of drug-likeness (QED) is 0.637. The number of hydrogen-bond donors (Lipinski definition) is 0. The van der Waals surface area contributed by atoms with E-state index in [9.17, 15) is 9.59 Å². The minimum Gasteiger partial charge on any atom is -0.347 e. The Morgan fingerprint density at radius 1 is 1.03 bits per heavy atom. The van der Waals surface area contributed by atoms with Crippen molar-refractivity contribution in [1.82, 2.24) is 14.4 Å². The van der Waals surface area contributed by atoms with Gasteiger partial charge in [-0.25, -0.2) is 0 Å². The number of rotatable bonds is 5. The van der Waals surface area contributed by atoms with Gasteiger partial charge in [0.05, 0.1) is 5.52 Å². The molecule has 0 atom stereocenters. The summed E-state index contributed by atoms with van der Waals surface area (Å²) < 4.78 is 1.99. The fraction of sp³-hybridized carbons (Fsp3) is 0.308. The number of aromatic nitrogens is 1. The zero-order valence-electron chi connectivity index (χ0n) is 18.3.